The number of nitrogens with zero attached hydrogens (tertiary/aromatic N) is 2. The van der Waals surface area contributed by atoms with E-state index in [0.29, 0.717) is 5.92 Å². The Morgan fingerprint density at radius 1 is 1.42 bits per heavy atom. The first-order valence-corrected chi connectivity index (χ1v) is 9.45. The highest BCUT2D eigenvalue weighted by Crippen LogP contribution is 2.26. The first-order valence-electron chi connectivity index (χ1n) is 8.46. The molecular weight excluding hydrogens is 322 g/mol. The molecule has 1 aromatic carbocycles. The molecule has 0 aliphatic carbocycles. The van der Waals surface area contributed by atoms with Gasteiger partial charge in [-0.05, 0) is 51.7 Å². The van der Waals surface area contributed by atoms with Gasteiger partial charge in [0.2, 0.25) is 0 Å². The molecule has 0 radical (unpaired) electrons. The van der Waals surface area contributed by atoms with E-state index >= 15 is 0 Å². The van der Waals surface area contributed by atoms with E-state index in [0.717, 1.165) is 47.9 Å². The van der Waals surface area contributed by atoms with Gasteiger partial charge in [-0.3, -0.25) is 0 Å². The number of thioether (sulfide) groups is 1. The average molecular weight is 347 g/mol. The maximum atomic E-state index is 12.2. The van der Waals surface area contributed by atoms with Crippen LogP contribution in [0.2, 0.25) is 0 Å². The molecule has 1 saturated heterocycles. The van der Waals surface area contributed by atoms with Gasteiger partial charge in [0, 0.05) is 18.8 Å². The number of aromatic nitrogens is 2. The Bertz CT molecular complexity index is 675. The lowest BCUT2D eigenvalue weighted by atomic mass is 10.0. The summed E-state index contributed by atoms with van der Waals surface area (Å²) in [6.45, 7) is 7.28. The fraction of sp³-hybridized carbons (Fsp3) is 0.556. The monoisotopic (exact) mass is 347 g/mol. The number of ether oxygens (including phenoxy) is 1. The Labute approximate surface area is 147 Å². The van der Waals surface area contributed by atoms with Crippen molar-refractivity contribution in [1.29, 1.82) is 0 Å². The van der Waals surface area contributed by atoms with E-state index in [9.17, 15) is 4.79 Å². The second kappa shape index (κ2) is 7.05. The third kappa shape index (κ3) is 4.44. The van der Waals surface area contributed by atoms with Crippen molar-refractivity contribution in [2.24, 2.45) is 5.92 Å². The SMILES string of the molecule is CC(C)(C)OC(=O)N1CCC[C@@H](CSc2nc3ccccc3[nH]2)C1. The molecule has 0 unspecified atom stereocenters. The predicted octanol–water partition coefficient (Wildman–Crippen LogP) is 4.30. The van der Waals surface area contributed by atoms with Crippen molar-refractivity contribution in [2.45, 2.75) is 44.4 Å². The van der Waals surface area contributed by atoms with E-state index in [1.54, 1.807) is 11.8 Å². The number of hydrogen-bond acceptors (Lipinski definition) is 4. The molecule has 1 aromatic heterocycles. The molecule has 0 saturated carbocycles. The number of aromatic amines is 1. The van der Waals surface area contributed by atoms with Crippen LogP contribution in [-0.2, 0) is 4.74 Å². The number of hydrogen-bond donors (Lipinski definition) is 1. The molecule has 2 aromatic rings. The second-order valence-electron chi connectivity index (χ2n) is 7.30. The summed E-state index contributed by atoms with van der Waals surface area (Å²) in [5.74, 6) is 1.43. The van der Waals surface area contributed by atoms with Crippen molar-refractivity contribution in [3.63, 3.8) is 0 Å². The predicted molar refractivity (Wildman–Crippen MR) is 97.3 cm³/mol. The summed E-state index contributed by atoms with van der Waals surface area (Å²) >= 11 is 1.73. The summed E-state index contributed by atoms with van der Waals surface area (Å²) in [6, 6.07) is 8.06. The van der Waals surface area contributed by atoms with Crippen LogP contribution in [0, 0.1) is 5.92 Å². The van der Waals surface area contributed by atoms with E-state index in [1.165, 1.54) is 0 Å². The first-order chi connectivity index (χ1) is 11.4. The molecule has 1 N–H and O–H groups in total. The number of rotatable bonds is 3. The van der Waals surface area contributed by atoms with Crippen molar-refractivity contribution in [3.05, 3.63) is 24.3 Å². The molecular formula is C18H25N3O2S. The largest absolute Gasteiger partial charge is 0.444 e. The Morgan fingerprint density at radius 2 is 2.21 bits per heavy atom. The number of carbonyl (C=O) groups is 1. The Morgan fingerprint density at radius 3 is 2.96 bits per heavy atom. The zero-order valence-corrected chi connectivity index (χ0v) is 15.4. The number of para-hydroxylation sites is 2. The summed E-state index contributed by atoms with van der Waals surface area (Å²) in [5.41, 5.74) is 1.63. The van der Waals surface area contributed by atoms with E-state index in [2.05, 4.69) is 9.97 Å². The van der Waals surface area contributed by atoms with E-state index < -0.39 is 5.60 Å². The van der Waals surface area contributed by atoms with Gasteiger partial charge < -0.3 is 14.6 Å². The van der Waals surface area contributed by atoms with Gasteiger partial charge in [-0.1, -0.05) is 23.9 Å². The zero-order chi connectivity index (χ0) is 17.2. The van der Waals surface area contributed by atoms with Crippen LogP contribution >= 0.6 is 11.8 Å². The Kier molecular flexibility index (Phi) is 5.04. The number of benzene rings is 1. The minimum Gasteiger partial charge on any atom is -0.444 e. The standard InChI is InChI=1S/C18H25N3O2S/c1-18(2,3)23-17(22)21-10-6-7-13(11-21)12-24-16-19-14-8-4-5-9-15(14)20-16/h4-5,8-9,13H,6-7,10-12H2,1-3H3,(H,19,20)/t13-/m1/s1. The fourth-order valence-electron chi connectivity index (χ4n) is 2.89. The van der Waals surface area contributed by atoms with Crippen molar-refractivity contribution in [3.8, 4) is 0 Å². The molecule has 6 heteroatoms. The van der Waals surface area contributed by atoms with Gasteiger partial charge in [-0.25, -0.2) is 9.78 Å². The summed E-state index contributed by atoms with van der Waals surface area (Å²) < 4.78 is 5.49. The summed E-state index contributed by atoms with van der Waals surface area (Å²) in [4.78, 5) is 22.0. The van der Waals surface area contributed by atoms with Crippen LogP contribution < -0.4 is 0 Å². The van der Waals surface area contributed by atoms with Gasteiger partial charge in [-0.2, -0.15) is 0 Å². The van der Waals surface area contributed by atoms with Gasteiger partial charge in [0.05, 0.1) is 11.0 Å². The van der Waals surface area contributed by atoms with E-state index in [-0.39, 0.29) is 6.09 Å². The highest BCUT2D eigenvalue weighted by atomic mass is 32.2. The topological polar surface area (TPSA) is 58.2 Å². The van der Waals surface area contributed by atoms with Crippen molar-refractivity contribution in [1.82, 2.24) is 14.9 Å². The maximum absolute atomic E-state index is 12.2. The van der Waals surface area contributed by atoms with Crippen molar-refractivity contribution in [2.75, 3.05) is 18.8 Å². The molecule has 1 atom stereocenters. The molecule has 130 valence electrons. The Balaban J connectivity index is 1.54. The third-order valence-electron chi connectivity index (χ3n) is 3.99. The second-order valence-corrected chi connectivity index (χ2v) is 8.31. The van der Waals surface area contributed by atoms with Crippen LogP contribution in [0.3, 0.4) is 0 Å². The molecule has 24 heavy (non-hydrogen) atoms. The van der Waals surface area contributed by atoms with Crippen LogP contribution in [0.4, 0.5) is 4.79 Å². The number of H-pyrrole nitrogens is 1. The molecule has 3 rings (SSSR count). The highest BCUT2D eigenvalue weighted by Gasteiger charge is 2.27. The molecule has 1 fully saturated rings. The third-order valence-corrected chi connectivity index (χ3v) is 5.10. The zero-order valence-electron chi connectivity index (χ0n) is 14.5. The number of fused-ring (bicyclic) bond motifs is 1. The number of piperidine rings is 1. The number of likely N-dealkylation sites (tertiary alicyclic amines) is 1. The summed E-state index contributed by atoms with van der Waals surface area (Å²) in [6.07, 6.45) is 1.98. The fourth-order valence-corrected chi connectivity index (χ4v) is 3.90. The van der Waals surface area contributed by atoms with Gasteiger partial charge in [0.1, 0.15) is 5.60 Å². The van der Waals surface area contributed by atoms with Crippen molar-refractivity contribution >= 4 is 28.9 Å². The quantitative estimate of drug-likeness (QED) is 0.841. The minimum absolute atomic E-state index is 0.194. The van der Waals surface area contributed by atoms with Crippen LogP contribution in [0.15, 0.2) is 29.4 Å². The Hall–Kier alpha value is -1.69. The van der Waals surface area contributed by atoms with Gasteiger partial charge >= 0.3 is 6.09 Å². The molecule has 2 heterocycles. The molecule has 0 bridgehead atoms. The smallest absolute Gasteiger partial charge is 0.410 e. The number of nitrogens with one attached hydrogen (secondary N) is 1. The lowest BCUT2D eigenvalue weighted by molar-refractivity contribution is 0.0177. The minimum atomic E-state index is -0.437. The van der Waals surface area contributed by atoms with Gasteiger partial charge in [-0.15, -0.1) is 0 Å². The van der Waals surface area contributed by atoms with E-state index in [4.69, 9.17) is 4.74 Å². The summed E-state index contributed by atoms with van der Waals surface area (Å²) in [5, 5.41) is 0.950. The first kappa shape index (κ1) is 17.1. The number of amides is 1. The molecule has 1 aliphatic heterocycles. The normalized spacial score (nSPS) is 18.8. The molecule has 0 spiro atoms. The number of carbonyl (C=O) groups excluding carboxylic acids is 1. The highest BCUT2D eigenvalue weighted by molar-refractivity contribution is 7.99. The molecule has 1 aliphatic rings. The average Bonchev–Trinajstić information content (AvgIpc) is 2.94. The number of imidazole rings is 1. The van der Waals surface area contributed by atoms with Crippen molar-refractivity contribution < 1.29 is 9.53 Å². The van der Waals surface area contributed by atoms with Crippen LogP contribution in [0.1, 0.15) is 33.6 Å². The maximum Gasteiger partial charge on any atom is 0.410 e. The lowest BCUT2D eigenvalue weighted by Crippen LogP contribution is -2.43. The van der Waals surface area contributed by atoms with Gasteiger partial charge in [0.15, 0.2) is 5.16 Å². The van der Waals surface area contributed by atoms with Crippen LogP contribution in [-0.4, -0.2) is 45.4 Å². The van der Waals surface area contributed by atoms with Gasteiger partial charge in [0.25, 0.3) is 0 Å². The van der Waals surface area contributed by atoms with Crippen LogP contribution in [0.5, 0.6) is 0 Å². The molecule has 1 amide bonds. The summed E-state index contributed by atoms with van der Waals surface area (Å²) in [7, 11) is 0. The molecule has 5 nitrogen and oxygen atoms in total. The van der Waals surface area contributed by atoms with E-state index in [1.807, 2.05) is 49.9 Å². The lowest BCUT2D eigenvalue weighted by Gasteiger charge is -2.33. The van der Waals surface area contributed by atoms with Crippen LogP contribution in [0.25, 0.3) is 11.0 Å².